The second kappa shape index (κ2) is 5.95. The lowest BCUT2D eigenvalue weighted by Gasteiger charge is -2.49. The van der Waals surface area contributed by atoms with Crippen molar-refractivity contribution >= 4 is 17.3 Å². The first-order valence-corrected chi connectivity index (χ1v) is 8.38. The molecular formula is C17H25ClN2. The maximum Gasteiger partial charge on any atom is 0.0494 e. The third-order valence-electron chi connectivity index (χ3n) is 4.88. The van der Waals surface area contributed by atoms with Crippen molar-refractivity contribution in [3.63, 3.8) is 0 Å². The number of nitrogens with zero attached hydrogens (tertiary/aromatic N) is 2. The predicted octanol–water partition coefficient (Wildman–Crippen LogP) is 3.80. The molecular weight excluding hydrogens is 268 g/mol. The molecule has 0 amide bonds. The van der Waals surface area contributed by atoms with Gasteiger partial charge in [-0.15, -0.1) is 11.6 Å². The van der Waals surface area contributed by atoms with Crippen molar-refractivity contribution < 1.29 is 0 Å². The molecule has 3 heteroatoms. The van der Waals surface area contributed by atoms with Gasteiger partial charge in [0, 0.05) is 36.7 Å². The number of halogens is 1. The van der Waals surface area contributed by atoms with Gasteiger partial charge >= 0.3 is 0 Å². The van der Waals surface area contributed by atoms with E-state index in [1.54, 1.807) is 0 Å². The van der Waals surface area contributed by atoms with E-state index in [2.05, 4.69) is 41.8 Å². The maximum atomic E-state index is 6.17. The summed E-state index contributed by atoms with van der Waals surface area (Å²) in [4.78, 5) is 5.28. The summed E-state index contributed by atoms with van der Waals surface area (Å²) in [5, 5.41) is 0. The minimum absolute atomic E-state index is 0.578. The normalized spacial score (nSPS) is 27.4. The van der Waals surface area contributed by atoms with Crippen molar-refractivity contribution in [3.8, 4) is 0 Å². The van der Waals surface area contributed by atoms with Gasteiger partial charge in [-0.05, 0) is 44.9 Å². The number of aryl methyl sites for hydroxylation is 1. The fraction of sp³-hybridized carbons (Fsp3) is 0.647. The van der Waals surface area contributed by atoms with E-state index in [9.17, 15) is 0 Å². The van der Waals surface area contributed by atoms with Gasteiger partial charge < -0.3 is 4.90 Å². The molecule has 0 aliphatic carbocycles. The van der Waals surface area contributed by atoms with Crippen LogP contribution >= 0.6 is 11.6 Å². The van der Waals surface area contributed by atoms with Gasteiger partial charge in [-0.3, -0.25) is 4.90 Å². The second-order valence-corrected chi connectivity index (χ2v) is 6.68. The van der Waals surface area contributed by atoms with E-state index in [1.807, 2.05) is 0 Å². The Hall–Kier alpha value is -0.730. The van der Waals surface area contributed by atoms with Crippen molar-refractivity contribution in [2.75, 3.05) is 24.5 Å². The molecule has 0 bridgehead atoms. The van der Waals surface area contributed by atoms with E-state index in [4.69, 9.17) is 11.6 Å². The first kappa shape index (κ1) is 14.2. The molecule has 2 heterocycles. The molecule has 0 saturated carbocycles. The Morgan fingerprint density at radius 2 is 2.10 bits per heavy atom. The van der Waals surface area contributed by atoms with Crippen molar-refractivity contribution in [1.82, 2.24) is 4.90 Å². The third kappa shape index (κ3) is 2.68. The lowest BCUT2D eigenvalue weighted by molar-refractivity contribution is 0.115. The zero-order valence-corrected chi connectivity index (χ0v) is 13.4. The van der Waals surface area contributed by atoms with Crippen LogP contribution in [0, 0.1) is 6.92 Å². The summed E-state index contributed by atoms with van der Waals surface area (Å²) in [6.45, 7) is 8.14. The van der Waals surface area contributed by atoms with Crippen LogP contribution in [0.4, 0.5) is 5.69 Å². The van der Waals surface area contributed by atoms with Gasteiger partial charge in [-0.2, -0.15) is 0 Å². The van der Waals surface area contributed by atoms with Crippen LogP contribution in [0.5, 0.6) is 0 Å². The summed E-state index contributed by atoms with van der Waals surface area (Å²) in [5.41, 5.74) is 3.93. The van der Waals surface area contributed by atoms with Crippen LogP contribution in [0.2, 0.25) is 0 Å². The molecule has 0 radical (unpaired) electrons. The number of piperidine rings is 1. The number of rotatable bonds is 2. The monoisotopic (exact) mass is 292 g/mol. The van der Waals surface area contributed by atoms with Crippen LogP contribution in [-0.4, -0.2) is 36.6 Å². The zero-order valence-electron chi connectivity index (χ0n) is 12.6. The van der Waals surface area contributed by atoms with E-state index >= 15 is 0 Å². The summed E-state index contributed by atoms with van der Waals surface area (Å²) < 4.78 is 0. The molecule has 0 spiro atoms. The summed E-state index contributed by atoms with van der Waals surface area (Å²) >= 11 is 6.17. The number of hydrogen-bond acceptors (Lipinski definition) is 2. The van der Waals surface area contributed by atoms with Gasteiger partial charge in [0.15, 0.2) is 0 Å². The van der Waals surface area contributed by atoms with Crippen LogP contribution in [0.1, 0.15) is 37.3 Å². The van der Waals surface area contributed by atoms with E-state index in [0.717, 1.165) is 12.6 Å². The first-order chi connectivity index (χ1) is 9.69. The molecule has 2 aliphatic heterocycles. The Labute approximate surface area is 127 Å². The first-order valence-electron chi connectivity index (χ1n) is 7.85. The summed E-state index contributed by atoms with van der Waals surface area (Å²) in [7, 11) is 0. The van der Waals surface area contributed by atoms with E-state index in [-0.39, 0.29) is 0 Å². The highest BCUT2D eigenvalue weighted by molar-refractivity contribution is 6.17. The van der Waals surface area contributed by atoms with Crippen LogP contribution in [0.3, 0.4) is 0 Å². The Morgan fingerprint density at radius 3 is 2.90 bits per heavy atom. The molecule has 0 aromatic heterocycles. The number of anilines is 1. The van der Waals surface area contributed by atoms with Crippen LogP contribution in [0.15, 0.2) is 18.2 Å². The number of fused-ring (bicyclic) bond motifs is 1. The van der Waals surface area contributed by atoms with Crippen molar-refractivity contribution in [2.45, 2.75) is 51.1 Å². The Kier molecular flexibility index (Phi) is 4.23. The molecule has 110 valence electrons. The smallest absolute Gasteiger partial charge is 0.0494 e. The molecule has 2 aliphatic rings. The average molecular weight is 293 g/mol. The molecule has 2 fully saturated rings. The molecule has 0 N–H and O–H groups in total. The molecule has 2 nitrogen and oxygen atoms in total. The highest BCUT2D eigenvalue weighted by Gasteiger charge is 2.33. The standard InChI is InChI=1S/C17H25ClN2/c1-13-6-7-17(15(9-13)10-18)20-12-16-5-3-4-8-19(16)11-14(20)2/h6-7,9,14,16H,3-5,8,10-12H2,1-2H3. The molecule has 3 rings (SSSR count). The van der Waals surface area contributed by atoms with Crippen LogP contribution in [0.25, 0.3) is 0 Å². The highest BCUT2D eigenvalue weighted by atomic mass is 35.5. The van der Waals surface area contributed by atoms with Crippen LogP contribution < -0.4 is 4.90 Å². The Balaban J connectivity index is 1.85. The molecule has 1 aromatic carbocycles. The van der Waals surface area contributed by atoms with Crippen molar-refractivity contribution in [3.05, 3.63) is 29.3 Å². The zero-order chi connectivity index (χ0) is 14.1. The molecule has 1 aromatic rings. The van der Waals surface area contributed by atoms with Gasteiger partial charge in [0.05, 0.1) is 0 Å². The Morgan fingerprint density at radius 1 is 1.25 bits per heavy atom. The van der Waals surface area contributed by atoms with Gasteiger partial charge in [0.2, 0.25) is 0 Å². The predicted molar refractivity (Wildman–Crippen MR) is 86.8 cm³/mol. The number of alkyl halides is 1. The molecule has 2 saturated heterocycles. The topological polar surface area (TPSA) is 6.48 Å². The van der Waals surface area contributed by atoms with Gasteiger partial charge in [0.1, 0.15) is 0 Å². The van der Waals surface area contributed by atoms with Gasteiger partial charge in [-0.1, -0.05) is 24.1 Å². The van der Waals surface area contributed by atoms with Crippen molar-refractivity contribution in [2.24, 2.45) is 0 Å². The highest BCUT2D eigenvalue weighted by Crippen LogP contribution is 2.31. The Bertz CT molecular complexity index is 474. The van der Waals surface area contributed by atoms with Crippen molar-refractivity contribution in [1.29, 1.82) is 0 Å². The van der Waals surface area contributed by atoms with E-state index in [1.165, 1.54) is 49.2 Å². The fourth-order valence-corrected chi connectivity index (χ4v) is 4.00. The van der Waals surface area contributed by atoms with E-state index < -0.39 is 0 Å². The molecule has 2 unspecified atom stereocenters. The number of piperazine rings is 1. The van der Waals surface area contributed by atoms with Gasteiger partial charge in [-0.25, -0.2) is 0 Å². The third-order valence-corrected chi connectivity index (χ3v) is 5.16. The number of benzene rings is 1. The molecule has 20 heavy (non-hydrogen) atoms. The number of hydrogen-bond donors (Lipinski definition) is 0. The van der Waals surface area contributed by atoms with E-state index in [0.29, 0.717) is 11.9 Å². The minimum Gasteiger partial charge on any atom is -0.366 e. The fourth-order valence-electron chi connectivity index (χ4n) is 3.79. The second-order valence-electron chi connectivity index (χ2n) is 6.41. The summed E-state index contributed by atoms with van der Waals surface area (Å²) in [5.74, 6) is 0.606. The van der Waals surface area contributed by atoms with Crippen LogP contribution in [-0.2, 0) is 5.88 Å². The summed E-state index contributed by atoms with van der Waals surface area (Å²) in [6, 6.07) is 8.04. The lowest BCUT2D eigenvalue weighted by atomic mass is 9.96. The van der Waals surface area contributed by atoms with Gasteiger partial charge in [0.25, 0.3) is 0 Å². The largest absolute Gasteiger partial charge is 0.366 e. The minimum atomic E-state index is 0.578. The maximum absolute atomic E-state index is 6.17. The molecule has 2 atom stereocenters. The summed E-state index contributed by atoms with van der Waals surface area (Å²) in [6.07, 6.45) is 4.12. The lowest BCUT2D eigenvalue weighted by Crippen LogP contribution is -2.59. The quantitative estimate of drug-likeness (QED) is 0.765. The average Bonchev–Trinajstić information content (AvgIpc) is 2.46. The SMILES string of the molecule is Cc1ccc(N2CC3CCCCN3CC2C)c(CCl)c1.